The van der Waals surface area contributed by atoms with Gasteiger partial charge in [-0.2, -0.15) is 0 Å². The summed E-state index contributed by atoms with van der Waals surface area (Å²) < 4.78 is 0. The minimum atomic E-state index is 0.0387. The Morgan fingerprint density at radius 2 is 2.00 bits per heavy atom. The molecule has 1 saturated heterocycles. The molecule has 1 fully saturated rings. The molecule has 0 spiro atoms. The third kappa shape index (κ3) is 2.89. The Balaban J connectivity index is 1.59. The number of amides is 1. The number of carbonyl (C=O) groups excluding carboxylic acids is 1. The van der Waals surface area contributed by atoms with Crippen LogP contribution in [0.5, 0.6) is 0 Å². The second-order valence-electron chi connectivity index (χ2n) is 5.46. The molecule has 4 nitrogen and oxygen atoms in total. The molecule has 0 bridgehead atoms. The number of fused-ring (bicyclic) bond motifs is 1. The highest BCUT2D eigenvalue weighted by Gasteiger charge is 2.25. The molecule has 1 unspecified atom stereocenters. The first kappa shape index (κ1) is 12.5. The molecule has 19 heavy (non-hydrogen) atoms. The van der Waals surface area contributed by atoms with Gasteiger partial charge in [0.25, 0.3) is 0 Å². The molecule has 3 rings (SSSR count). The first-order chi connectivity index (χ1) is 9.33. The number of carbonyl (C=O) groups is 1. The molecule has 1 atom stereocenters. The second-order valence-corrected chi connectivity index (χ2v) is 5.46. The Bertz CT molecular complexity index is 454. The van der Waals surface area contributed by atoms with Gasteiger partial charge < -0.3 is 5.32 Å². The Kier molecular flexibility index (Phi) is 3.69. The Morgan fingerprint density at radius 3 is 2.84 bits per heavy atom. The van der Waals surface area contributed by atoms with E-state index in [9.17, 15) is 4.79 Å². The highest BCUT2D eigenvalue weighted by Crippen LogP contribution is 2.24. The van der Waals surface area contributed by atoms with E-state index in [1.165, 1.54) is 30.5 Å². The van der Waals surface area contributed by atoms with Crippen LogP contribution < -0.4 is 10.7 Å². The topological polar surface area (TPSA) is 44.4 Å². The number of benzene rings is 1. The van der Waals surface area contributed by atoms with Gasteiger partial charge in [0.15, 0.2) is 0 Å². The summed E-state index contributed by atoms with van der Waals surface area (Å²) in [4.78, 5) is 12.3. The minimum Gasteiger partial charge on any atom is -0.384 e. The van der Waals surface area contributed by atoms with Crippen LogP contribution >= 0.6 is 0 Å². The van der Waals surface area contributed by atoms with E-state index in [1.807, 2.05) is 12.1 Å². The molecule has 102 valence electrons. The van der Waals surface area contributed by atoms with Gasteiger partial charge in [-0.25, -0.2) is 5.01 Å². The van der Waals surface area contributed by atoms with E-state index in [2.05, 4.69) is 27.9 Å². The fourth-order valence-electron chi connectivity index (χ4n) is 2.88. The summed E-state index contributed by atoms with van der Waals surface area (Å²) in [6.07, 6.45) is 4.49. The molecule has 0 aromatic heterocycles. The van der Waals surface area contributed by atoms with Crippen LogP contribution in [0, 0.1) is 5.92 Å². The van der Waals surface area contributed by atoms with Crippen molar-refractivity contribution in [3.05, 3.63) is 29.8 Å². The van der Waals surface area contributed by atoms with Crippen molar-refractivity contribution in [1.82, 2.24) is 10.4 Å². The van der Waals surface area contributed by atoms with Crippen molar-refractivity contribution in [3.8, 4) is 0 Å². The predicted octanol–water partition coefficient (Wildman–Crippen LogP) is 1.79. The van der Waals surface area contributed by atoms with Crippen LogP contribution in [0.4, 0.5) is 5.69 Å². The van der Waals surface area contributed by atoms with E-state index in [1.54, 1.807) is 0 Å². The van der Waals surface area contributed by atoms with Gasteiger partial charge in [0, 0.05) is 25.3 Å². The minimum absolute atomic E-state index is 0.0387. The molecule has 1 aromatic rings. The maximum atomic E-state index is 12.3. The average molecular weight is 259 g/mol. The maximum Gasteiger partial charge on any atom is 0.239 e. The Hall–Kier alpha value is -1.55. The number of para-hydroxylation sites is 1. The van der Waals surface area contributed by atoms with Gasteiger partial charge in [0.05, 0.1) is 5.92 Å². The van der Waals surface area contributed by atoms with Crippen LogP contribution in [0.2, 0.25) is 0 Å². The third-order valence-electron chi connectivity index (χ3n) is 4.02. The summed E-state index contributed by atoms with van der Waals surface area (Å²) in [5.74, 6) is 0.195. The van der Waals surface area contributed by atoms with Gasteiger partial charge in [-0.15, -0.1) is 0 Å². The van der Waals surface area contributed by atoms with Crippen LogP contribution in [0.1, 0.15) is 24.8 Å². The lowest BCUT2D eigenvalue weighted by molar-refractivity contribution is -0.130. The van der Waals surface area contributed by atoms with E-state index in [4.69, 9.17) is 0 Å². The third-order valence-corrected chi connectivity index (χ3v) is 4.02. The molecule has 1 aromatic carbocycles. The zero-order valence-corrected chi connectivity index (χ0v) is 11.2. The Morgan fingerprint density at radius 1 is 1.21 bits per heavy atom. The van der Waals surface area contributed by atoms with Crippen molar-refractivity contribution in [2.24, 2.45) is 5.92 Å². The van der Waals surface area contributed by atoms with Crippen molar-refractivity contribution in [3.63, 3.8) is 0 Å². The first-order valence-corrected chi connectivity index (χ1v) is 7.20. The zero-order chi connectivity index (χ0) is 13.1. The molecule has 0 radical (unpaired) electrons. The van der Waals surface area contributed by atoms with Crippen molar-refractivity contribution in [1.29, 1.82) is 0 Å². The summed E-state index contributed by atoms with van der Waals surface area (Å²) in [5, 5.41) is 5.43. The molecular formula is C15H21N3O. The molecule has 2 aliphatic heterocycles. The number of nitrogens with one attached hydrogen (secondary N) is 2. The smallest absolute Gasteiger partial charge is 0.239 e. The van der Waals surface area contributed by atoms with E-state index >= 15 is 0 Å². The molecule has 1 amide bonds. The number of nitrogens with zero attached hydrogens (tertiary/aromatic N) is 1. The number of rotatable bonds is 2. The SMILES string of the molecule is O=C(NN1CCCCC1)C1CNc2ccccc2C1. The van der Waals surface area contributed by atoms with Crippen LogP contribution in [-0.4, -0.2) is 30.6 Å². The normalized spacial score (nSPS) is 23.3. The van der Waals surface area contributed by atoms with Gasteiger partial charge in [0.1, 0.15) is 0 Å². The molecular weight excluding hydrogens is 238 g/mol. The van der Waals surface area contributed by atoms with E-state index in [0.717, 1.165) is 26.1 Å². The molecule has 2 N–H and O–H groups in total. The Labute approximate surface area is 114 Å². The van der Waals surface area contributed by atoms with Gasteiger partial charge in [-0.1, -0.05) is 24.6 Å². The quantitative estimate of drug-likeness (QED) is 0.851. The predicted molar refractivity (Wildman–Crippen MR) is 75.7 cm³/mol. The summed E-state index contributed by atoms with van der Waals surface area (Å²) in [7, 11) is 0. The average Bonchev–Trinajstić information content (AvgIpc) is 2.48. The highest BCUT2D eigenvalue weighted by molar-refractivity contribution is 5.80. The number of anilines is 1. The lowest BCUT2D eigenvalue weighted by Gasteiger charge is -2.31. The van der Waals surface area contributed by atoms with Crippen molar-refractivity contribution in [2.75, 3.05) is 25.0 Å². The summed E-state index contributed by atoms with van der Waals surface area (Å²) in [5.41, 5.74) is 5.49. The number of hydrazine groups is 1. The zero-order valence-electron chi connectivity index (χ0n) is 11.2. The fraction of sp³-hybridized carbons (Fsp3) is 0.533. The van der Waals surface area contributed by atoms with E-state index in [-0.39, 0.29) is 11.8 Å². The lowest BCUT2D eigenvalue weighted by Crippen LogP contribution is -2.49. The van der Waals surface area contributed by atoms with Gasteiger partial charge >= 0.3 is 0 Å². The molecule has 0 saturated carbocycles. The highest BCUT2D eigenvalue weighted by atomic mass is 16.2. The van der Waals surface area contributed by atoms with E-state index in [0.29, 0.717) is 0 Å². The lowest BCUT2D eigenvalue weighted by atomic mass is 9.93. The van der Waals surface area contributed by atoms with Crippen molar-refractivity contribution >= 4 is 11.6 Å². The fourth-order valence-corrected chi connectivity index (χ4v) is 2.88. The van der Waals surface area contributed by atoms with Gasteiger partial charge in [0.2, 0.25) is 5.91 Å². The monoisotopic (exact) mass is 259 g/mol. The molecule has 2 aliphatic rings. The van der Waals surface area contributed by atoms with E-state index < -0.39 is 0 Å². The van der Waals surface area contributed by atoms with Crippen LogP contribution in [-0.2, 0) is 11.2 Å². The van der Waals surface area contributed by atoms with Gasteiger partial charge in [-0.3, -0.25) is 10.2 Å². The summed E-state index contributed by atoms with van der Waals surface area (Å²) in [6, 6.07) is 8.24. The van der Waals surface area contributed by atoms with Crippen LogP contribution in [0.3, 0.4) is 0 Å². The summed E-state index contributed by atoms with van der Waals surface area (Å²) in [6.45, 7) is 2.71. The van der Waals surface area contributed by atoms with Crippen molar-refractivity contribution in [2.45, 2.75) is 25.7 Å². The number of piperidine rings is 1. The standard InChI is InChI=1S/C15H21N3O/c19-15(17-18-8-4-1-5-9-18)13-10-12-6-2-3-7-14(12)16-11-13/h2-3,6-7,13,16H,1,4-5,8-11H2,(H,17,19). The summed E-state index contributed by atoms with van der Waals surface area (Å²) >= 11 is 0. The van der Waals surface area contributed by atoms with Gasteiger partial charge in [-0.05, 0) is 30.9 Å². The largest absolute Gasteiger partial charge is 0.384 e. The maximum absolute atomic E-state index is 12.3. The molecule has 4 heteroatoms. The van der Waals surface area contributed by atoms with Crippen LogP contribution in [0.25, 0.3) is 0 Å². The second kappa shape index (κ2) is 5.61. The molecule has 2 heterocycles. The first-order valence-electron chi connectivity index (χ1n) is 7.20. The van der Waals surface area contributed by atoms with Crippen molar-refractivity contribution < 1.29 is 4.79 Å². The number of hydrogen-bond acceptors (Lipinski definition) is 3. The van der Waals surface area contributed by atoms with Crippen LogP contribution in [0.15, 0.2) is 24.3 Å². The molecule has 0 aliphatic carbocycles. The number of hydrogen-bond donors (Lipinski definition) is 2.